The summed E-state index contributed by atoms with van der Waals surface area (Å²) in [7, 11) is 1.69. The Labute approximate surface area is 158 Å². The summed E-state index contributed by atoms with van der Waals surface area (Å²) in [5, 5.41) is 6.23. The van der Waals surface area contributed by atoms with Gasteiger partial charge in [-0.2, -0.15) is 0 Å². The normalized spacial score (nSPS) is 10.5. The molecule has 2 rings (SSSR count). The number of aliphatic imine (C=N–C) groups is 1. The van der Waals surface area contributed by atoms with Gasteiger partial charge in [0, 0.05) is 38.0 Å². The fourth-order valence-corrected chi connectivity index (χ4v) is 1.86. The number of hydrogen-bond donors (Lipinski definition) is 2. The molecule has 0 aliphatic rings. The summed E-state index contributed by atoms with van der Waals surface area (Å²) in [6, 6.07) is 9.65. The van der Waals surface area contributed by atoms with Gasteiger partial charge in [0.05, 0.1) is 0 Å². The number of guanidine groups is 1. The van der Waals surface area contributed by atoms with Gasteiger partial charge in [-0.15, -0.1) is 30.6 Å². The molecule has 0 saturated carbocycles. The lowest BCUT2D eigenvalue weighted by Gasteiger charge is -2.13. The maximum atomic E-state index is 13.2. The highest BCUT2D eigenvalue weighted by Gasteiger charge is 2.07. The van der Waals surface area contributed by atoms with Crippen molar-refractivity contribution in [3.63, 3.8) is 0 Å². The Hall–Kier alpha value is -2.16. The molecule has 128 valence electrons. The van der Waals surface area contributed by atoms with Crippen molar-refractivity contribution in [2.75, 3.05) is 13.6 Å². The molecule has 0 bridgehead atoms. The van der Waals surface area contributed by atoms with Crippen molar-refractivity contribution in [1.82, 2.24) is 15.6 Å². The second-order valence-corrected chi connectivity index (χ2v) is 4.62. The standard InChI is InChI=1S/C17H19FN4O.HI/c1-3-9-21-17(19-2)22-12-13-6-5-10-20-16(13)23-15-8-4-7-14(18)11-15;/h3-8,10-11H,1,9,12H2,2H3,(H2,19,21,22);1H. The van der Waals surface area contributed by atoms with E-state index in [1.54, 1.807) is 31.5 Å². The van der Waals surface area contributed by atoms with Crippen LogP contribution in [-0.2, 0) is 6.54 Å². The number of hydrogen-bond acceptors (Lipinski definition) is 3. The molecule has 0 aliphatic heterocycles. The molecule has 1 aromatic heterocycles. The predicted molar refractivity (Wildman–Crippen MR) is 105 cm³/mol. The van der Waals surface area contributed by atoms with E-state index < -0.39 is 0 Å². The summed E-state index contributed by atoms with van der Waals surface area (Å²) in [4.78, 5) is 8.31. The molecule has 0 atom stereocenters. The van der Waals surface area contributed by atoms with Crippen molar-refractivity contribution in [2.24, 2.45) is 4.99 Å². The molecule has 0 spiro atoms. The lowest BCUT2D eigenvalue weighted by atomic mass is 10.2. The molecule has 0 unspecified atom stereocenters. The summed E-state index contributed by atoms with van der Waals surface area (Å²) < 4.78 is 18.9. The minimum Gasteiger partial charge on any atom is -0.439 e. The van der Waals surface area contributed by atoms with Gasteiger partial charge in [0.25, 0.3) is 0 Å². The smallest absolute Gasteiger partial charge is 0.224 e. The van der Waals surface area contributed by atoms with Gasteiger partial charge >= 0.3 is 0 Å². The van der Waals surface area contributed by atoms with E-state index in [0.29, 0.717) is 30.7 Å². The van der Waals surface area contributed by atoms with Crippen LogP contribution in [-0.4, -0.2) is 24.5 Å². The molecule has 1 heterocycles. The number of nitrogens with one attached hydrogen (secondary N) is 2. The van der Waals surface area contributed by atoms with Crippen LogP contribution in [0.4, 0.5) is 4.39 Å². The summed E-state index contributed by atoms with van der Waals surface area (Å²) in [5.41, 5.74) is 0.832. The number of ether oxygens (including phenoxy) is 1. The summed E-state index contributed by atoms with van der Waals surface area (Å²) in [6.07, 6.45) is 3.37. The molecule has 1 aromatic carbocycles. The molecule has 0 aliphatic carbocycles. The predicted octanol–water partition coefficient (Wildman–Crippen LogP) is 3.48. The van der Waals surface area contributed by atoms with Gasteiger partial charge in [0.15, 0.2) is 5.96 Å². The van der Waals surface area contributed by atoms with E-state index in [0.717, 1.165) is 5.56 Å². The first kappa shape index (κ1) is 19.9. The molecule has 0 fully saturated rings. The van der Waals surface area contributed by atoms with E-state index in [1.165, 1.54) is 12.1 Å². The third kappa shape index (κ3) is 6.15. The van der Waals surface area contributed by atoms with E-state index in [-0.39, 0.29) is 29.8 Å². The number of pyridine rings is 1. The monoisotopic (exact) mass is 442 g/mol. The van der Waals surface area contributed by atoms with Crippen molar-refractivity contribution in [3.05, 3.63) is 66.6 Å². The Bertz CT molecular complexity index is 694. The van der Waals surface area contributed by atoms with Gasteiger partial charge in [-0.25, -0.2) is 9.37 Å². The van der Waals surface area contributed by atoms with Crippen LogP contribution in [0, 0.1) is 5.82 Å². The van der Waals surface area contributed by atoms with Gasteiger partial charge in [0.2, 0.25) is 5.88 Å². The first-order valence-corrected chi connectivity index (χ1v) is 7.15. The highest BCUT2D eigenvalue weighted by Crippen LogP contribution is 2.23. The van der Waals surface area contributed by atoms with Crippen molar-refractivity contribution >= 4 is 29.9 Å². The second kappa shape index (κ2) is 10.6. The molecule has 2 N–H and O–H groups in total. The first-order valence-electron chi connectivity index (χ1n) is 7.15. The lowest BCUT2D eigenvalue weighted by molar-refractivity contribution is 0.450. The van der Waals surface area contributed by atoms with Crippen LogP contribution < -0.4 is 15.4 Å². The Kier molecular flexibility index (Phi) is 8.77. The molecule has 24 heavy (non-hydrogen) atoms. The molecule has 0 radical (unpaired) electrons. The number of benzene rings is 1. The Morgan fingerprint density at radius 2 is 2.17 bits per heavy atom. The van der Waals surface area contributed by atoms with Crippen LogP contribution in [0.3, 0.4) is 0 Å². The van der Waals surface area contributed by atoms with Crippen LogP contribution in [0.1, 0.15) is 5.56 Å². The largest absolute Gasteiger partial charge is 0.439 e. The van der Waals surface area contributed by atoms with Crippen molar-refractivity contribution in [2.45, 2.75) is 6.54 Å². The highest BCUT2D eigenvalue weighted by molar-refractivity contribution is 14.0. The minimum absolute atomic E-state index is 0. The van der Waals surface area contributed by atoms with E-state index >= 15 is 0 Å². The third-order valence-electron chi connectivity index (χ3n) is 2.94. The van der Waals surface area contributed by atoms with Crippen LogP contribution in [0.15, 0.2) is 60.2 Å². The zero-order valence-electron chi connectivity index (χ0n) is 13.3. The quantitative estimate of drug-likeness (QED) is 0.311. The number of rotatable bonds is 6. The van der Waals surface area contributed by atoms with Gasteiger partial charge in [-0.3, -0.25) is 4.99 Å². The fourth-order valence-electron chi connectivity index (χ4n) is 1.86. The van der Waals surface area contributed by atoms with E-state index in [2.05, 4.69) is 27.2 Å². The topological polar surface area (TPSA) is 58.5 Å². The van der Waals surface area contributed by atoms with Crippen molar-refractivity contribution in [3.8, 4) is 11.6 Å². The van der Waals surface area contributed by atoms with E-state index in [9.17, 15) is 4.39 Å². The molecule has 0 saturated heterocycles. The lowest BCUT2D eigenvalue weighted by Crippen LogP contribution is -2.36. The van der Waals surface area contributed by atoms with Crippen LogP contribution in [0.2, 0.25) is 0 Å². The van der Waals surface area contributed by atoms with Gasteiger partial charge in [-0.05, 0) is 18.2 Å². The van der Waals surface area contributed by atoms with Crippen molar-refractivity contribution < 1.29 is 9.13 Å². The zero-order valence-corrected chi connectivity index (χ0v) is 15.7. The van der Waals surface area contributed by atoms with E-state index in [1.807, 2.05) is 12.1 Å². The number of nitrogens with zero attached hydrogens (tertiary/aromatic N) is 2. The fraction of sp³-hybridized carbons (Fsp3) is 0.176. The van der Waals surface area contributed by atoms with Crippen LogP contribution in [0.25, 0.3) is 0 Å². The van der Waals surface area contributed by atoms with Gasteiger partial charge < -0.3 is 15.4 Å². The minimum atomic E-state index is -0.355. The maximum Gasteiger partial charge on any atom is 0.224 e. The maximum absolute atomic E-state index is 13.2. The van der Waals surface area contributed by atoms with Crippen molar-refractivity contribution in [1.29, 1.82) is 0 Å². The molecular formula is C17H20FIN4O. The van der Waals surface area contributed by atoms with Crippen LogP contribution >= 0.6 is 24.0 Å². The Morgan fingerprint density at radius 1 is 1.33 bits per heavy atom. The number of aromatic nitrogens is 1. The summed E-state index contributed by atoms with van der Waals surface area (Å²) >= 11 is 0. The molecule has 2 aromatic rings. The highest BCUT2D eigenvalue weighted by atomic mass is 127. The van der Waals surface area contributed by atoms with Crippen LogP contribution in [0.5, 0.6) is 11.6 Å². The molecule has 7 heteroatoms. The molecule has 0 amide bonds. The van der Waals surface area contributed by atoms with E-state index in [4.69, 9.17) is 4.74 Å². The summed E-state index contributed by atoms with van der Waals surface area (Å²) in [5.74, 6) is 1.11. The average Bonchev–Trinajstić information content (AvgIpc) is 2.56. The van der Waals surface area contributed by atoms with Gasteiger partial charge in [-0.1, -0.05) is 18.2 Å². The zero-order chi connectivity index (χ0) is 16.5. The molecular weight excluding hydrogens is 422 g/mol. The third-order valence-corrected chi connectivity index (χ3v) is 2.94. The first-order chi connectivity index (χ1) is 11.2. The Balaban J connectivity index is 0.00000288. The van der Waals surface area contributed by atoms with Gasteiger partial charge in [0.1, 0.15) is 11.6 Å². The number of halogens is 2. The average molecular weight is 442 g/mol. The summed E-state index contributed by atoms with van der Waals surface area (Å²) in [6.45, 7) is 4.73. The molecule has 5 nitrogen and oxygen atoms in total. The SMILES string of the molecule is C=CCNC(=NC)NCc1cccnc1Oc1cccc(F)c1.I. The Morgan fingerprint density at radius 3 is 2.88 bits per heavy atom. The second-order valence-electron chi connectivity index (χ2n) is 4.62.